The standard InChI is InChI=1S/C16H13N3O3/c1-22-13-5-6-15-14(10-13)16(7-8-17-15)18-11-3-2-4-12(9-11)19(20)21/h2-10H,1H3,(H,17,18). The topological polar surface area (TPSA) is 77.3 Å². The van der Waals surface area contributed by atoms with Crippen LogP contribution in [0.25, 0.3) is 10.9 Å². The molecule has 0 unspecified atom stereocenters. The van der Waals surface area contributed by atoms with Crippen molar-refractivity contribution in [2.75, 3.05) is 12.4 Å². The number of rotatable bonds is 4. The van der Waals surface area contributed by atoms with E-state index >= 15 is 0 Å². The van der Waals surface area contributed by atoms with Gasteiger partial charge >= 0.3 is 0 Å². The van der Waals surface area contributed by atoms with E-state index in [4.69, 9.17) is 4.74 Å². The van der Waals surface area contributed by atoms with Crippen LogP contribution in [0.4, 0.5) is 17.1 Å². The molecule has 3 rings (SSSR count). The lowest BCUT2D eigenvalue weighted by molar-refractivity contribution is -0.384. The molecule has 3 aromatic rings. The van der Waals surface area contributed by atoms with Crippen LogP contribution in [-0.2, 0) is 0 Å². The quantitative estimate of drug-likeness (QED) is 0.583. The number of aromatic nitrogens is 1. The van der Waals surface area contributed by atoms with Gasteiger partial charge < -0.3 is 10.1 Å². The molecular formula is C16H13N3O3. The highest BCUT2D eigenvalue weighted by Crippen LogP contribution is 2.29. The molecule has 0 bridgehead atoms. The van der Waals surface area contributed by atoms with Gasteiger partial charge in [0.2, 0.25) is 0 Å². The summed E-state index contributed by atoms with van der Waals surface area (Å²) in [5.74, 6) is 0.725. The van der Waals surface area contributed by atoms with Crippen LogP contribution in [0.1, 0.15) is 0 Å². The van der Waals surface area contributed by atoms with Gasteiger partial charge in [-0.05, 0) is 30.3 Å². The number of nitro groups is 1. The average molecular weight is 295 g/mol. The number of hydrogen-bond donors (Lipinski definition) is 1. The van der Waals surface area contributed by atoms with Crippen LogP contribution in [0.5, 0.6) is 5.75 Å². The molecule has 0 fully saturated rings. The smallest absolute Gasteiger partial charge is 0.271 e. The minimum atomic E-state index is -0.418. The zero-order valence-corrected chi connectivity index (χ0v) is 11.8. The number of benzene rings is 2. The van der Waals surface area contributed by atoms with E-state index in [1.54, 1.807) is 25.4 Å². The van der Waals surface area contributed by atoms with Gasteiger partial charge in [0.05, 0.1) is 17.5 Å². The monoisotopic (exact) mass is 295 g/mol. The first-order valence-electron chi connectivity index (χ1n) is 6.61. The average Bonchev–Trinajstić information content (AvgIpc) is 2.55. The van der Waals surface area contributed by atoms with Crippen molar-refractivity contribution in [1.82, 2.24) is 4.98 Å². The summed E-state index contributed by atoms with van der Waals surface area (Å²) < 4.78 is 5.23. The lowest BCUT2D eigenvalue weighted by Gasteiger charge is -2.10. The van der Waals surface area contributed by atoms with Crippen LogP contribution < -0.4 is 10.1 Å². The van der Waals surface area contributed by atoms with Gasteiger partial charge in [-0.15, -0.1) is 0 Å². The summed E-state index contributed by atoms with van der Waals surface area (Å²) in [5, 5.41) is 14.9. The fourth-order valence-electron chi connectivity index (χ4n) is 2.21. The maximum Gasteiger partial charge on any atom is 0.271 e. The summed E-state index contributed by atoms with van der Waals surface area (Å²) in [6.07, 6.45) is 1.69. The maximum atomic E-state index is 10.9. The van der Waals surface area contributed by atoms with Crippen LogP contribution in [-0.4, -0.2) is 17.0 Å². The third kappa shape index (κ3) is 2.67. The Labute approximate surface area is 126 Å². The maximum absolute atomic E-state index is 10.9. The van der Waals surface area contributed by atoms with Crippen molar-refractivity contribution >= 4 is 28.0 Å². The van der Waals surface area contributed by atoms with Crippen molar-refractivity contribution < 1.29 is 9.66 Å². The first-order valence-corrected chi connectivity index (χ1v) is 6.61. The van der Waals surface area contributed by atoms with Crippen molar-refractivity contribution in [3.63, 3.8) is 0 Å². The van der Waals surface area contributed by atoms with Crippen molar-refractivity contribution in [2.24, 2.45) is 0 Å². The lowest BCUT2D eigenvalue weighted by atomic mass is 10.1. The number of ether oxygens (including phenoxy) is 1. The zero-order chi connectivity index (χ0) is 15.5. The second-order valence-electron chi connectivity index (χ2n) is 4.67. The first-order chi connectivity index (χ1) is 10.7. The summed E-state index contributed by atoms with van der Waals surface area (Å²) in [6.45, 7) is 0. The van der Waals surface area contributed by atoms with E-state index in [1.807, 2.05) is 24.3 Å². The Kier molecular flexibility index (Phi) is 3.57. The Morgan fingerprint density at radius 3 is 2.82 bits per heavy atom. The predicted octanol–water partition coefficient (Wildman–Crippen LogP) is 3.90. The highest BCUT2D eigenvalue weighted by atomic mass is 16.6. The number of non-ortho nitro benzene ring substituents is 1. The molecule has 0 amide bonds. The largest absolute Gasteiger partial charge is 0.497 e. The normalized spacial score (nSPS) is 10.4. The Balaban J connectivity index is 2.03. The molecule has 0 aliphatic rings. The Morgan fingerprint density at radius 1 is 1.18 bits per heavy atom. The Morgan fingerprint density at radius 2 is 2.05 bits per heavy atom. The van der Waals surface area contributed by atoms with E-state index in [0.29, 0.717) is 5.69 Å². The van der Waals surface area contributed by atoms with E-state index in [2.05, 4.69) is 10.3 Å². The van der Waals surface area contributed by atoms with Crippen molar-refractivity contribution in [1.29, 1.82) is 0 Å². The van der Waals surface area contributed by atoms with Gasteiger partial charge in [-0.1, -0.05) is 6.07 Å². The van der Waals surface area contributed by atoms with E-state index < -0.39 is 4.92 Å². The van der Waals surface area contributed by atoms with Gasteiger partial charge in [0.15, 0.2) is 0 Å². The van der Waals surface area contributed by atoms with Gasteiger partial charge in [-0.25, -0.2) is 0 Å². The zero-order valence-electron chi connectivity index (χ0n) is 11.8. The van der Waals surface area contributed by atoms with Gasteiger partial charge in [0.1, 0.15) is 5.75 Å². The number of hydrogen-bond acceptors (Lipinski definition) is 5. The van der Waals surface area contributed by atoms with E-state index in [9.17, 15) is 10.1 Å². The molecule has 0 aliphatic heterocycles. The molecule has 0 atom stereocenters. The van der Waals surface area contributed by atoms with Gasteiger partial charge in [0.25, 0.3) is 5.69 Å². The van der Waals surface area contributed by atoms with Crippen molar-refractivity contribution in [2.45, 2.75) is 0 Å². The van der Waals surface area contributed by atoms with Crippen LogP contribution >= 0.6 is 0 Å². The molecule has 110 valence electrons. The minimum absolute atomic E-state index is 0.0425. The second kappa shape index (κ2) is 5.69. The van der Waals surface area contributed by atoms with Crippen LogP contribution in [0, 0.1) is 10.1 Å². The predicted molar refractivity (Wildman–Crippen MR) is 84.7 cm³/mol. The SMILES string of the molecule is COc1ccc2nccc(Nc3cccc([N+](=O)[O-])c3)c2c1. The third-order valence-electron chi connectivity index (χ3n) is 3.28. The molecule has 2 aromatic carbocycles. The molecule has 6 nitrogen and oxygen atoms in total. The highest BCUT2D eigenvalue weighted by Gasteiger charge is 2.08. The van der Waals surface area contributed by atoms with Gasteiger partial charge in [-0.3, -0.25) is 15.1 Å². The van der Waals surface area contributed by atoms with Gasteiger partial charge in [-0.2, -0.15) is 0 Å². The summed E-state index contributed by atoms with van der Waals surface area (Å²) in [7, 11) is 1.60. The number of fused-ring (bicyclic) bond motifs is 1. The summed E-state index contributed by atoms with van der Waals surface area (Å²) in [4.78, 5) is 14.7. The molecule has 1 N–H and O–H groups in total. The van der Waals surface area contributed by atoms with Crippen molar-refractivity contribution in [3.8, 4) is 5.75 Å². The Hall–Kier alpha value is -3.15. The van der Waals surface area contributed by atoms with Crippen LogP contribution in [0.15, 0.2) is 54.7 Å². The molecule has 0 aliphatic carbocycles. The molecule has 1 heterocycles. The second-order valence-corrected chi connectivity index (χ2v) is 4.67. The van der Waals surface area contributed by atoms with E-state index in [1.165, 1.54) is 12.1 Å². The fourth-order valence-corrected chi connectivity index (χ4v) is 2.21. The minimum Gasteiger partial charge on any atom is -0.497 e. The van der Waals surface area contributed by atoms with Gasteiger partial charge in [0, 0.05) is 35.1 Å². The van der Waals surface area contributed by atoms with E-state index in [-0.39, 0.29) is 5.69 Å². The molecule has 6 heteroatoms. The number of methoxy groups -OCH3 is 1. The van der Waals surface area contributed by atoms with Crippen LogP contribution in [0.2, 0.25) is 0 Å². The number of nitrogens with zero attached hydrogens (tertiary/aromatic N) is 2. The Bertz CT molecular complexity index is 849. The first kappa shape index (κ1) is 13.8. The number of pyridine rings is 1. The molecule has 0 spiro atoms. The van der Waals surface area contributed by atoms with Crippen molar-refractivity contribution in [3.05, 3.63) is 64.8 Å². The summed E-state index contributed by atoms with van der Waals surface area (Å²) >= 11 is 0. The fraction of sp³-hybridized carbons (Fsp3) is 0.0625. The molecule has 0 radical (unpaired) electrons. The van der Waals surface area contributed by atoms with Crippen LogP contribution in [0.3, 0.4) is 0 Å². The molecule has 22 heavy (non-hydrogen) atoms. The summed E-state index contributed by atoms with van der Waals surface area (Å²) in [5.41, 5.74) is 2.31. The number of nitrogens with one attached hydrogen (secondary N) is 1. The number of nitro benzene ring substituents is 1. The van der Waals surface area contributed by atoms with E-state index in [0.717, 1.165) is 22.3 Å². The molecule has 1 aromatic heterocycles. The summed E-state index contributed by atoms with van der Waals surface area (Å²) in [6, 6.07) is 13.8. The molecular weight excluding hydrogens is 282 g/mol. The number of anilines is 2. The lowest BCUT2D eigenvalue weighted by Crippen LogP contribution is -1.95. The molecule has 0 saturated carbocycles. The highest BCUT2D eigenvalue weighted by molar-refractivity contribution is 5.93. The molecule has 0 saturated heterocycles. The third-order valence-corrected chi connectivity index (χ3v) is 3.28.